The molecule has 0 spiro atoms. The van der Waals surface area contributed by atoms with E-state index in [1.165, 1.54) is 22.3 Å². The molecule has 0 aliphatic heterocycles. The van der Waals surface area contributed by atoms with Crippen molar-refractivity contribution in [2.45, 2.75) is 45.7 Å². The second-order valence-corrected chi connectivity index (χ2v) is 43.5. The molecule has 0 radical (unpaired) electrons. The molecule has 4 rings (SSSR count). The van der Waals surface area contributed by atoms with Crippen LogP contribution in [-0.2, 0) is 29.8 Å². The van der Waals surface area contributed by atoms with Crippen LogP contribution in [0.2, 0.25) is 39.3 Å². The molecule has 160 valence electrons. The van der Waals surface area contributed by atoms with Crippen molar-refractivity contribution >= 4 is 19.7 Å². The first-order chi connectivity index (χ1) is 13.1. The summed E-state index contributed by atoms with van der Waals surface area (Å²) in [5.74, 6) is 0. The van der Waals surface area contributed by atoms with Gasteiger partial charge in [0.1, 0.15) is 0 Å². The number of halogens is 2. The third kappa shape index (κ3) is 9.18. The Bertz CT molecular complexity index is 819. The normalized spacial score (nSPS) is 11.2. The number of benzene rings is 2. The first-order valence-electron chi connectivity index (χ1n) is 9.95. The van der Waals surface area contributed by atoms with Gasteiger partial charge in [-0.15, -0.1) is 5.56 Å². The molecule has 3 aromatic rings. The van der Waals surface area contributed by atoms with E-state index in [4.69, 9.17) is 0 Å². The summed E-state index contributed by atoms with van der Waals surface area (Å²) in [6.07, 6.45) is 1.05. The molecule has 30 heavy (non-hydrogen) atoms. The van der Waals surface area contributed by atoms with Crippen molar-refractivity contribution in [2.24, 2.45) is 0 Å². The fraction of sp³-hybridized carbons (Fsp3) is 0.292. The van der Waals surface area contributed by atoms with Gasteiger partial charge >= 0.3 is 82.3 Å². The monoisotopic (exact) mass is 564 g/mol. The first kappa shape index (κ1) is 29.9. The zero-order valence-corrected chi connectivity index (χ0v) is 25.9. The predicted molar refractivity (Wildman–Crippen MR) is 128 cm³/mol. The standard InChI is InChI=1S/C13H9.C6H18Si3.C5H5.2ClH.Zr/c1-3-7-12-10(5-1)9-11-6-2-4-8-13(11)12;1-8(2,3)7-9(4,5)6;1-2-4-5-3-1;;;/h1-5,7-8H,9H2;1-6H3;1-5H;2*1H;/q-1;;-1;;;+2/p-2. The van der Waals surface area contributed by atoms with Crippen LogP contribution in [0.15, 0.2) is 72.8 Å². The molecule has 6 heteroatoms. The number of hydrogen-bond donors (Lipinski definition) is 0. The van der Waals surface area contributed by atoms with Gasteiger partial charge in [0.05, 0.1) is 0 Å². The molecule has 1 aliphatic carbocycles. The Morgan fingerprint density at radius 1 is 0.800 bits per heavy atom. The summed E-state index contributed by atoms with van der Waals surface area (Å²) in [6, 6.07) is 28.1. The van der Waals surface area contributed by atoms with Crippen molar-refractivity contribution < 1.29 is 48.1 Å². The quantitative estimate of drug-likeness (QED) is 0.249. The molecule has 0 amide bonds. The van der Waals surface area contributed by atoms with Gasteiger partial charge in [-0.1, -0.05) is 35.4 Å². The first-order valence-corrected chi connectivity index (χ1v) is 24.1. The van der Waals surface area contributed by atoms with Gasteiger partial charge in [-0.25, -0.2) is 12.1 Å². The largest absolute Gasteiger partial charge is 1.00 e. The third-order valence-corrected chi connectivity index (χ3v) is 63.4. The number of hydrogen-bond acceptors (Lipinski definition) is 0. The van der Waals surface area contributed by atoms with Gasteiger partial charge in [-0.2, -0.15) is 48.0 Å². The van der Waals surface area contributed by atoms with E-state index in [1.54, 1.807) is 0 Å². The summed E-state index contributed by atoms with van der Waals surface area (Å²) in [5, 5.41) is 0. The maximum absolute atomic E-state index is 3.30. The maximum atomic E-state index is 3.30. The van der Waals surface area contributed by atoms with Crippen molar-refractivity contribution in [3.8, 4) is 11.1 Å². The van der Waals surface area contributed by atoms with Gasteiger partial charge in [0.2, 0.25) is 0 Å². The van der Waals surface area contributed by atoms with Gasteiger partial charge in [0, 0.05) is 0 Å². The topological polar surface area (TPSA) is 0 Å². The predicted octanol–water partition coefficient (Wildman–Crippen LogP) is 0.829. The summed E-state index contributed by atoms with van der Waals surface area (Å²) in [5.41, 5.74) is 5.51. The van der Waals surface area contributed by atoms with Crippen LogP contribution < -0.4 is 24.8 Å². The van der Waals surface area contributed by atoms with Gasteiger partial charge in [0.15, 0.2) is 0 Å². The van der Waals surface area contributed by atoms with Crippen LogP contribution in [-0.4, -0.2) is 19.7 Å². The van der Waals surface area contributed by atoms with E-state index >= 15 is 0 Å². The van der Waals surface area contributed by atoms with E-state index < -0.39 is 15.2 Å². The molecule has 0 saturated heterocycles. The second-order valence-electron chi connectivity index (χ2n) is 9.23. The molecule has 0 bridgehead atoms. The molecule has 0 heterocycles. The maximum Gasteiger partial charge on any atom is -0.0253 e. The minimum atomic E-state index is -0.692. The van der Waals surface area contributed by atoms with Crippen molar-refractivity contribution in [1.29, 1.82) is 0 Å². The Labute approximate surface area is 213 Å². The van der Waals surface area contributed by atoms with E-state index in [0.717, 1.165) is 6.42 Å². The van der Waals surface area contributed by atoms with Crippen molar-refractivity contribution in [1.82, 2.24) is 0 Å². The van der Waals surface area contributed by atoms with Crippen LogP contribution in [0.1, 0.15) is 11.1 Å². The van der Waals surface area contributed by atoms with Gasteiger partial charge < -0.3 is 24.8 Å². The Morgan fingerprint density at radius 3 is 1.80 bits per heavy atom. The van der Waals surface area contributed by atoms with Crippen LogP contribution in [0.25, 0.3) is 11.1 Å². The summed E-state index contributed by atoms with van der Waals surface area (Å²) >= 11 is 1.89. The van der Waals surface area contributed by atoms with Gasteiger partial charge in [0.25, 0.3) is 0 Å². The van der Waals surface area contributed by atoms with E-state index in [9.17, 15) is 0 Å². The average Bonchev–Trinajstić information content (AvgIpc) is 3.31. The van der Waals surface area contributed by atoms with Crippen LogP contribution in [0.3, 0.4) is 0 Å². The summed E-state index contributed by atoms with van der Waals surface area (Å²) in [7, 11) is -1.38. The molecule has 3 aromatic carbocycles. The molecular weight excluding hydrogens is 535 g/mol. The Balaban J connectivity index is 0.000000444. The average molecular weight is 567 g/mol. The zero-order valence-electron chi connectivity index (χ0n) is 18.9. The van der Waals surface area contributed by atoms with Crippen LogP contribution in [0.5, 0.6) is 0 Å². The van der Waals surface area contributed by atoms with Crippen LogP contribution in [0, 0.1) is 6.07 Å². The molecule has 0 saturated carbocycles. The van der Waals surface area contributed by atoms with E-state index in [-0.39, 0.29) is 29.3 Å². The van der Waals surface area contributed by atoms with Gasteiger partial charge in [-0.05, 0) is 6.42 Å². The zero-order chi connectivity index (χ0) is 20.8. The molecule has 0 nitrogen and oxygen atoms in total. The minimum Gasteiger partial charge on any atom is -1.00 e. The Morgan fingerprint density at radius 2 is 1.33 bits per heavy atom. The fourth-order valence-electron chi connectivity index (χ4n) is 3.44. The van der Waals surface area contributed by atoms with Crippen LogP contribution >= 0.6 is 0 Å². The molecule has 1 aliphatic rings. The number of rotatable bonds is 2. The van der Waals surface area contributed by atoms with E-state index in [2.05, 4.69) is 81.7 Å². The van der Waals surface area contributed by atoms with E-state index in [0.29, 0.717) is 0 Å². The van der Waals surface area contributed by atoms with Gasteiger partial charge in [-0.3, -0.25) is 0 Å². The number of fused-ring (bicyclic) bond motifs is 3. The fourth-order valence-corrected chi connectivity index (χ4v) is 32.7. The Kier molecular flexibility index (Phi) is 13.4. The molecule has 0 atom stereocenters. The third-order valence-electron chi connectivity index (χ3n) is 4.67. The molecular formula is C24H32Cl2Si3Zr-2. The second kappa shape index (κ2) is 13.5. The van der Waals surface area contributed by atoms with Crippen molar-refractivity contribution in [2.75, 3.05) is 0 Å². The van der Waals surface area contributed by atoms with Crippen molar-refractivity contribution in [3.63, 3.8) is 0 Å². The molecule has 0 aromatic heterocycles. The summed E-state index contributed by atoms with van der Waals surface area (Å²) in [6.45, 7) is 15.3. The van der Waals surface area contributed by atoms with Crippen LogP contribution in [0.4, 0.5) is 0 Å². The SMILES string of the molecule is C[Si](C)(C)[Si](=[Zr+2])[Si](C)(C)C.[Cl-].[Cl-].[c-]1cccc2c1Cc1ccccc1-2.c1cc[cH-]c1. The minimum absolute atomic E-state index is 0. The van der Waals surface area contributed by atoms with Crippen molar-refractivity contribution in [3.05, 3.63) is 90.0 Å². The molecule has 0 fully saturated rings. The molecule has 0 N–H and O–H groups in total. The summed E-state index contributed by atoms with van der Waals surface area (Å²) in [4.78, 5) is 0. The van der Waals surface area contributed by atoms with E-state index in [1.807, 2.05) is 59.7 Å². The smallest absolute Gasteiger partial charge is 0.0253 e. The molecule has 0 unspecified atom stereocenters. The summed E-state index contributed by atoms with van der Waals surface area (Å²) < 4.78 is 0.147. The Hall–Kier alpha value is -0.0962.